The molecule has 1 aliphatic heterocycles. The minimum absolute atomic E-state index is 0.0602. The molecule has 84 valence electrons. The van der Waals surface area contributed by atoms with Crippen molar-refractivity contribution in [2.75, 3.05) is 6.54 Å². The van der Waals surface area contributed by atoms with E-state index in [4.69, 9.17) is 4.74 Å². The van der Waals surface area contributed by atoms with Gasteiger partial charge in [0.1, 0.15) is 0 Å². The molecule has 1 atom stereocenters. The maximum Gasteiger partial charge on any atom is 0.217 e. The molecule has 0 amide bonds. The maximum atomic E-state index is 9.92. The number of likely N-dealkylation sites (tertiary alicyclic amines) is 1. The molecule has 3 nitrogen and oxygen atoms in total. The number of hydrogen-bond acceptors (Lipinski definition) is 3. The number of aliphatic hydroxyl groups excluding tert-OH is 1. The predicted octanol–water partition coefficient (Wildman–Crippen LogP) is 1.95. The number of aliphatic hydroxyl groups is 1. The average molecular weight is 201 g/mol. The van der Waals surface area contributed by atoms with Crippen molar-refractivity contribution in [3.8, 4) is 0 Å². The van der Waals surface area contributed by atoms with Crippen molar-refractivity contribution in [3.05, 3.63) is 0 Å². The Kier molecular flexibility index (Phi) is 3.24. The molecule has 1 N–H and O–H groups in total. The Morgan fingerprint density at radius 1 is 1.36 bits per heavy atom. The smallest absolute Gasteiger partial charge is 0.217 e. The van der Waals surface area contributed by atoms with Crippen LogP contribution in [0.2, 0.25) is 0 Å². The SMILES string of the molecule is CC(C)(C)OC(O)N1CCCC1(C)C. The monoisotopic (exact) mass is 201 g/mol. The first kappa shape index (κ1) is 12.0. The van der Waals surface area contributed by atoms with Crippen LogP contribution >= 0.6 is 0 Å². The van der Waals surface area contributed by atoms with Crippen LogP contribution in [0.4, 0.5) is 0 Å². The first-order chi connectivity index (χ1) is 6.22. The first-order valence-corrected chi connectivity index (χ1v) is 5.35. The van der Waals surface area contributed by atoms with E-state index in [1.54, 1.807) is 0 Å². The summed E-state index contributed by atoms with van der Waals surface area (Å²) in [5, 5.41) is 9.92. The third kappa shape index (κ3) is 2.94. The Labute approximate surface area is 87.1 Å². The molecule has 1 aliphatic rings. The predicted molar refractivity (Wildman–Crippen MR) is 56.9 cm³/mol. The first-order valence-electron chi connectivity index (χ1n) is 5.35. The van der Waals surface area contributed by atoms with Gasteiger partial charge in [-0.05, 0) is 47.5 Å². The molecule has 1 rings (SSSR count). The number of hydrogen-bond donors (Lipinski definition) is 1. The van der Waals surface area contributed by atoms with Gasteiger partial charge in [0.05, 0.1) is 5.60 Å². The minimum atomic E-state index is -0.771. The highest BCUT2D eigenvalue weighted by molar-refractivity contribution is 4.87. The fourth-order valence-electron chi connectivity index (χ4n) is 1.92. The van der Waals surface area contributed by atoms with Crippen LogP contribution in [-0.2, 0) is 4.74 Å². The summed E-state index contributed by atoms with van der Waals surface area (Å²) >= 11 is 0. The van der Waals surface area contributed by atoms with E-state index in [0.29, 0.717) is 0 Å². The van der Waals surface area contributed by atoms with Crippen LogP contribution in [0.3, 0.4) is 0 Å². The third-order valence-electron chi connectivity index (χ3n) is 2.69. The third-order valence-corrected chi connectivity index (χ3v) is 2.69. The minimum Gasteiger partial charge on any atom is -0.356 e. The Hall–Kier alpha value is -0.120. The van der Waals surface area contributed by atoms with Crippen molar-refractivity contribution in [1.29, 1.82) is 0 Å². The lowest BCUT2D eigenvalue weighted by Gasteiger charge is -2.37. The molecular formula is C11H23NO2. The van der Waals surface area contributed by atoms with E-state index in [9.17, 15) is 5.11 Å². The van der Waals surface area contributed by atoms with Crippen molar-refractivity contribution in [2.45, 2.75) is 65.0 Å². The van der Waals surface area contributed by atoms with Crippen LogP contribution in [0.15, 0.2) is 0 Å². The molecule has 0 saturated carbocycles. The van der Waals surface area contributed by atoms with E-state index in [0.717, 1.165) is 19.4 Å². The highest BCUT2D eigenvalue weighted by Crippen LogP contribution is 2.30. The Bertz CT molecular complexity index is 196. The lowest BCUT2D eigenvalue weighted by atomic mass is 10.0. The van der Waals surface area contributed by atoms with Gasteiger partial charge in [0.25, 0.3) is 0 Å². The number of ether oxygens (including phenoxy) is 1. The summed E-state index contributed by atoms with van der Waals surface area (Å²) in [5.74, 6) is 0. The van der Waals surface area contributed by atoms with Crippen molar-refractivity contribution < 1.29 is 9.84 Å². The van der Waals surface area contributed by atoms with Crippen LogP contribution in [0, 0.1) is 0 Å². The van der Waals surface area contributed by atoms with Gasteiger partial charge in [-0.15, -0.1) is 0 Å². The van der Waals surface area contributed by atoms with Crippen molar-refractivity contribution in [3.63, 3.8) is 0 Å². The van der Waals surface area contributed by atoms with Gasteiger partial charge < -0.3 is 9.84 Å². The molecule has 0 aromatic rings. The van der Waals surface area contributed by atoms with E-state index in [1.165, 1.54) is 0 Å². The molecule has 1 saturated heterocycles. The molecule has 14 heavy (non-hydrogen) atoms. The topological polar surface area (TPSA) is 32.7 Å². The maximum absolute atomic E-state index is 9.92. The summed E-state index contributed by atoms with van der Waals surface area (Å²) in [7, 11) is 0. The van der Waals surface area contributed by atoms with Gasteiger partial charge in [0, 0.05) is 12.1 Å². The number of nitrogens with zero attached hydrogens (tertiary/aromatic N) is 1. The van der Waals surface area contributed by atoms with Crippen molar-refractivity contribution >= 4 is 0 Å². The normalized spacial score (nSPS) is 25.3. The summed E-state index contributed by atoms with van der Waals surface area (Å²) in [6.45, 7) is 11.1. The van der Waals surface area contributed by atoms with E-state index < -0.39 is 6.41 Å². The molecule has 1 heterocycles. The molecule has 0 aromatic heterocycles. The molecule has 3 heteroatoms. The van der Waals surface area contributed by atoms with Crippen LogP contribution < -0.4 is 0 Å². The van der Waals surface area contributed by atoms with Gasteiger partial charge in [0.15, 0.2) is 0 Å². The summed E-state index contributed by atoms with van der Waals surface area (Å²) in [6, 6.07) is 0. The summed E-state index contributed by atoms with van der Waals surface area (Å²) in [6.07, 6.45) is 1.49. The Morgan fingerprint density at radius 2 is 1.93 bits per heavy atom. The Balaban J connectivity index is 2.57. The van der Waals surface area contributed by atoms with Gasteiger partial charge >= 0.3 is 0 Å². The molecule has 0 spiro atoms. The highest BCUT2D eigenvalue weighted by Gasteiger charge is 2.37. The fraction of sp³-hybridized carbons (Fsp3) is 1.00. The zero-order valence-corrected chi connectivity index (χ0v) is 10.0. The van der Waals surface area contributed by atoms with Crippen molar-refractivity contribution in [2.24, 2.45) is 0 Å². The van der Waals surface area contributed by atoms with Crippen LogP contribution in [-0.4, -0.2) is 34.1 Å². The molecule has 1 fully saturated rings. The second kappa shape index (κ2) is 3.80. The van der Waals surface area contributed by atoms with E-state index in [2.05, 4.69) is 13.8 Å². The fourth-order valence-corrected chi connectivity index (χ4v) is 1.92. The van der Waals surface area contributed by atoms with E-state index >= 15 is 0 Å². The molecule has 0 aromatic carbocycles. The van der Waals surface area contributed by atoms with Crippen molar-refractivity contribution in [1.82, 2.24) is 4.90 Å². The summed E-state index contributed by atoms with van der Waals surface area (Å²) in [4.78, 5) is 2.03. The highest BCUT2D eigenvalue weighted by atomic mass is 16.6. The molecule has 0 bridgehead atoms. The van der Waals surface area contributed by atoms with Gasteiger partial charge in [-0.2, -0.15) is 0 Å². The van der Waals surface area contributed by atoms with Crippen LogP contribution in [0.1, 0.15) is 47.5 Å². The Morgan fingerprint density at radius 3 is 2.29 bits per heavy atom. The quantitative estimate of drug-likeness (QED) is 0.693. The molecule has 0 radical (unpaired) electrons. The molecular weight excluding hydrogens is 178 g/mol. The zero-order valence-electron chi connectivity index (χ0n) is 10.0. The van der Waals surface area contributed by atoms with Gasteiger partial charge in [-0.3, -0.25) is 4.90 Å². The number of rotatable bonds is 2. The molecule has 1 unspecified atom stereocenters. The molecule has 0 aliphatic carbocycles. The van der Waals surface area contributed by atoms with Gasteiger partial charge in [-0.25, -0.2) is 0 Å². The van der Waals surface area contributed by atoms with Gasteiger partial charge in [-0.1, -0.05) is 0 Å². The van der Waals surface area contributed by atoms with Crippen LogP contribution in [0.25, 0.3) is 0 Å². The summed E-state index contributed by atoms with van der Waals surface area (Å²) < 4.78 is 5.54. The van der Waals surface area contributed by atoms with Crippen LogP contribution in [0.5, 0.6) is 0 Å². The van der Waals surface area contributed by atoms with E-state index in [-0.39, 0.29) is 11.1 Å². The van der Waals surface area contributed by atoms with E-state index in [1.807, 2.05) is 25.7 Å². The lowest BCUT2D eigenvalue weighted by molar-refractivity contribution is -0.251. The lowest BCUT2D eigenvalue weighted by Crippen LogP contribution is -2.49. The summed E-state index contributed by atoms with van der Waals surface area (Å²) in [5.41, 5.74) is -0.233. The standard InChI is InChI=1S/C11H23NO2/c1-10(2,3)14-9(13)12-8-6-7-11(12,4)5/h9,13H,6-8H2,1-5H3. The second-order valence-corrected chi connectivity index (χ2v) is 5.67. The second-order valence-electron chi connectivity index (χ2n) is 5.67. The zero-order chi connectivity index (χ0) is 11.0. The largest absolute Gasteiger partial charge is 0.356 e. The van der Waals surface area contributed by atoms with Gasteiger partial charge in [0.2, 0.25) is 6.41 Å². The average Bonchev–Trinajstić information content (AvgIpc) is 2.25.